The second-order valence-electron chi connectivity index (χ2n) is 7.56. The molecular formula is C22H31N5O3. The lowest BCUT2D eigenvalue weighted by Gasteiger charge is -2.17. The lowest BCUT2D eigenvalue weighted by Crippen LogP contribution is -2.31. The number of aromatic amines is 1. The molecule has 2 heterocycles. The summed E-state index contributed by atoms with van der Waals surface area (Å²) in [6.45, 7) is 9.04. The number of para-hydroxylation sites is 1. The van der Waals surface area contributed by atoms with Crippen LogP contribution in [0, 0.1) is 6.92 Å². The number of benzene rings is 1. The van der Waals surface area contributed by atoms with Crippen molar-refractivity contribution >= 4 is 11.2 Å². The Labute approximate surface area is 176 Å². The third kappa shape index (κ3) is 4.64. The van der Waals surface area contributed by atoms with Crippen molar-refractivity contribution in [2.24, 2.45) is 0 Å². The molecule has 0 saturated heterocycles. The molecule has 3 aromatic rings. The fourth-order valence-electron chi connectivity index (χ4n) is 3.55. The van der Waals surface area contributed by atoms with E-state index in [4.69, 9.17) is 9.72 Å². The summed E-state index contributed by atoms with van der Waals surface area (Å²) in [4.78, 5) is 34.1. The minimum atomic E-state index is -0.395. The highest BCUT2D eigenvalue weighted by Gasteiger charge is 2.18. The molecule has 0 radical (unpaired) electrons. The van der Waals surface area contributed by atoms with Crippen LogP contribution < -0.4 is 16.0 Å². The molecule has 0 unspecified atom stereocenters. The average molecular weight is 414 g/mol. The van der Waals surface area contributed by atoms with Crippen LogP contribution >= 0.6 is 0 Å². The third-order valence-electron chi connectivity index (χ3n) is 5.25. The van der Waals surface area contributed by atoms with Gasteiger partial charge in [0.1, 0.15) is 18.2 Å². The number of ether oxygens (including phenoxy) is 1. The number of likely N-dealkylation sites (N-methyl/N-ethyl adjacent to an activating group) is 1. The predicted molar refractivity (Wildman–Crippen MR) is 118 cm³/mol. The summed E-state index contributed by atoms with van der Waals surface area (Å²) in [5.41, 5.74) is 1.27. The minimum absolute atomic E-state index is 0.381. The number of imidazole rings is 1. The summed E-state index contributed by atoms with van der Waals surface area (Å²) >= 11 is 0. The van der Waals surface area contributed by atoms with Crippen LogP contribution in [0.25, 0.3) is 11.2 Å². The van der Waals surface area contributed by atoms with E-state index in [1.807, 2.05) is 49.7 Å². The summed E-state index contributed by atoms with van der Waals surface area (Å²) < 4.78 is 9.37. The first-order chi connectivity index (χ1) is 14.5. The molecule has 2 aromatic heterocycles. The zero-order valence-corrected chi connectivity index (χ0v) is 18.3. The second-order valence-corrected chi connectivity index (χ2v) is 7.56. The van der Waals surface area contributed by atoms with E-state index in [1.54, 1.807) is 4.57 Å². The molecule has 30 heavy (non-hydrogen) atoms. The van der Waals surface area contributed by atoms with Gasteiger partial charge in [-0.1, -0.05) is 31.5 Å². The molecule has 0 spiro atoms. The van der Waals surface area contributed by atoms with Crippen LogP contribution in [0.4, 0.5) is 0 Å². The number of hydrogen-bond acceptors (Lipinski definition) is 5. The van der Waals surface area contributed by atoms with Gasteiger partial charge < -0.3 is 9.30 Å². The number of fused-ring (bicyclic) bond motifs is 1. The molecular weight excluding hydrogens is 382 g/mol. The fourth-order valence-corrected chi connectivity index (χ4v) is 3.55. The molecule has 0 saturated carbocycles. The predicted octanol–water partition coefficient (Wildman–Crippen LogP) is 2.53. The van der Waals surface area contributed by atoms with E-state index < -0.39 is 5.69 Å². The summed E-state index contributed by atoms with van der Waals surface area (Å²) in [7, 11) is 1.99. The largest absolute Gasteiger partial charge is 0.492 e. The van der Waals surface area contributed by atoms with E-state index >= 15 is 0 Å². The third-order valence-corrected chi connectivity index (χ3v) is 5.25. The number of aromatic nitrogens is 4. The zero-order chi connectivity index (χ0) is 21.7. The van der Waals surface area contributed by atoms with E-state index in [-0.39, 0.29) is 5.56 Å². The lowest BCUT2D eigenvalue weighted by atomic mass is 10.2. The van der Waals surface area contributed by atoms with Gasteiger partial charge >= 0.3 is 5.69 Å². The van der Waals surface area contributed by atoms with Crippen LogP contribution in [0.5, 0.6) is 5.75 Å². The van der Waals surface area contributed by atoms with Gasteiger partial charge in [-0.05, 0) is 38.9 Å². The Bertz CT molecular complexity index is 1110. The molecule has 3 rings (SSSR count). The quantitative estimate of drug-likeness (QED) is 0.552. The maximum atomic E-state index is 12.5. The van der Waals surface area contributed by atoms with Gasteiger partial charge in [-0.15, -0.1) is 0 Å². The lowest BCUT2D eigenvalue weighted by molar-refractivity contribution is 0.227. The SMILES string of the molecule is CCCCn1c(=O)[nH]c(=O)c2c1nc(CN(C)CCOc1ccccc1C)n2CC. The number of hydrogen-bond donors (Lipinski definition) is 1. The smallest absolute Gasteiger partial charge is 0.330 e. The number of rotatable bonds is 10. The highest BCUT2D eigenvalue weighted by molar-refractivity contribution is 5.71. The van der Waals surface area contributed by atoms with Crippen LogP contribution in [0.15, 0.2) is 33.9 Å². The molecule has 162 valence electrons. The van der Waals surface area contributed by atoms with Gasteiger partial charge in [-0.2, -0.15) is 0 Å². The van der Waals surface area contributed by atoms with Gasteiger partial charge in [0, 0.05) is 19.6 Å². The van der Waals surface area contributed by atoms with Gasteiger partial charge in [0.25, 0.3) is 5.56 Å². The molecule has 1 N–H and O–H groups in total. The van der Waals surface area contributed by atoms with Gasteiger partial charge in [0.15, 0.2) is 11.2 Å². The number of H-pyrrole nitrogens is 1. The van der Waals surface area contributed by atoms with Crippen molar-refractivity contribution in [3.8, 4) is 5.75 Å². The molecule has 0 aliphatic heterocycles. The van der Waals surface area contributed by atoms with Gasteiger partial charge in [-0.3, -0.25) is 19.2 Å². The van der Waals surface area contributed by atoms with Crippen molar-refractivity contribution < 1.29 is 4.74 Å². The average Bonchev–Trinajstić information content (AvgIpc) is 3.07. The van der Waals surface area contributed by atoms with Crippen LogP contribution in [0.2, 0.25) is 0 Å². The van der Waals surface area contributed by atoms with E-state index in [0.29, 0.717) is 43.9 Å². The minimum Gasteiger partial charge on any atom is -0.492 e. The van der Waals surface area contributed by atoms with Crippen LogP contribution in [-0.2, 0) is 19.6 Å². The molecule has 0 fully saturated rings. The van der Waals surface area contributed by atoms with Crippen molar-refractivity contribution in [3.05, 3.63) is 56.5 Å². The van der Waals surface area contributed by atoms with Gasteiger partial charge in [0.2, 0.25) is 0 Å². The van der Waals surface area contributed by atoms with Crippen molar-refractivity contribution in [1.29, 1.82) is 0 Å². The van der Waals surface area contributed by atoms with E-state index in [2.05, 4.69) is 16.8 Å². The first-order valence-electron chi connectivity index (χ1n) is 10.5. The summed E-state index contributed by atoms with van der Waals surface area (Å²) in [6.07, 6.45) is 1.81. The molecule has 0 atom stereocenters. The van der Waals surface area contributed by atoms with Crippen molar-refractivity contribution in [2.45, 2.75) is 53.2 Å². The first kappa shape index (κ1) is 21.8. The monoisotopic (exact) mass is 413 g/mol. The Morgan fingerprint density at radius 1 is 1.17 bits per heavy atom. The van der Waals surface area contributed by atoms with Crippen molar-refractivity contribution in [3.63, 3.8) is 0 Å². The Kier molecular flexibility index (Phi) is 7.10. The first-order valence-corrected chi connectivity index (χ1v) is 10.5. The van der Waals surface area contributed by atoms with Crippen molar-refractivity contribution in [2.75, 3.05) is 20.2 Å². The summed E-state index contributed by atoms with van der Waals surface area (Å²) in [5, 5.41) is 0. The molecule has 1 aromatic carbocycles. The summed E-state index contributed by atoms with van der Waals surface area (Å²) in [5.74, 6) is 1.66. The second kappa shape index (κ2) is 9.75. The molecule has 0 aliphatic rings. The maximum absolute atomic E-state index is 12.5. The number of nitrogens with zero attached hydrogens (tertiary/aromatic N) is 4. The Balaban J connectivity index is 1.79. The number of nitrogens with one attached hydrogen (secondary N) is 1. The fraction of sp³-hybridized carbons (Fsp3) is 0.500. The molecule has 0 amide bonds. The normalized spacial score (nSPS) is 11.5. The standard InChI is InChI=1S/C22H31N5O3/c1-5-7-12-27-20-19(21(28)24-22(27)29)26(6-2)18(23-20)15-25(4)13-14-30-17-11-9-8-10-16(17)3/h8-11H,5-7,12-15H2,1-4H3,(H,24,28,29). The molecule has 0 aliphatic carbocycles. The Morgan fingerprint density at radius 2 is 1.93 bits per heavy atom. The number of unbranched alkanes of at least 4 members (excludes halogenated alkanes) is 1. The van der Waals surface area contributed by atoms with Crippen molar-refractivity contribution in [1.82, 2.24) is 24.0 Å². The topological polar surface area (TPSA) is 85.2 Å². The summed E-state index contributed by atoms with van der Waals surface area (Å²) in [6, 6.07) is 7.95. The van der Waals surface area contributed by atoms with Crippen LogP contribution in [0.3, 0.4) is 0 Å². The zero-order valence-electron chi connectivity index (χ0n) is 18.3. The highest BCUT2D eigenvalue weighted by Crippen LogP contribution is 2.16. The molecule has 8 heteroatoms. The highest BCUT2D eigenvalue weighted by atomic mass is 16.5. The van der Waals surface area contributed by atoms with Gasteiger partial charge in [-0.25, -0.2) is 9.78 Å². The maximum Gasteiger partial charge on any atom is 0.330 e. The van der Waals surface area contributed by atoms with E-state index in [1.165, 1.54) is 0 Å². The van der Waals surface area contributed by atoms with Crippen LogP contribution in [0.1, 0.15) is 38.1 Å². The number of aryl methyl sites for hydroxylation is 3. The van der Waals surface area contributed by atoms with E-state index in [0.717, 1.165) is 30.0 Å². The Hall–Kier alpha value is -2.87. The van der Waals surface area contributed by atoms with Gasteiger partial charge in [0.05, 0.1) is 6.54 Å². The Morgan fingerprint density at radius 3 is 2.63 bits per heavy atom. The van der Waals surface area contributed by atoms with Crippen LogP contribution in [-0.4, -0.2) is 44.2 Å². The molecule has 8 nitrogen and oxygen atoms in total. The molecule has 0 bridgehead atoms. The van der Waals surface area contributed by atoms with E-state index in [9.17, 15) is 9.59 Å².